The van der Waals surface area contributed by atoms with Crippen LogP contribution >= 0.6 is 12.2 Å². The fraction of sp³-hybridized carbons (Fsp3) is 0.381. The van der Waals surface area contributed by atoms with Gasteiger partial charge in [-0.3, -0.25) is 0 Å². The summed E-state index contributed by atoms with van der Waals surface area (Å²) in [6, 6.07) is 15.7. The van der Waals surface area contributed by atoms with Crippen LogP contribution in [0.25, 0.3) is 0 Å². The van der Waals surface area contributed by atoms with Gasteiger partial charge >= 0.3 is 0 Å². The van der Waals surface area contributed by atoms with Crippen LogP contribution in [0.3, 0.4) is 0 Å². The Bertz CT molecular complexity index is 799. The van der Waals surface area contributed by atoms with Gasteiger partial charge in [-0.1, -0.05) is 35.4 Å². The summed E-state index contributed by atoms with van der Waals surface area (Å²) in [4.78, 5) is 4.80. The van der Waals surface area contributed by atoms with E-state index in [1.807, 2.05) is 0 Å². The molecule has 2 aromatic carbocycles. The fourth-order valence-electron chi connectivity index (χ4n) is 4.17. The first-order chi connectivity index (χ1) is 12.0. The van der Waals surface area contributed by atoms with Crippen molar-refractivity contribution in [1.82, 2.24) is 4.90 Å². The summed E-state index contributed by atoms with van der Waals surface area (Å²) >= 11 is 5.84. The molecule has 0 spiro atoms. The predicted octanol–water partition coefficient (Wildman–Crippen LogP) is 4.31. The molecule has 0 saturated carbocycles. The summed E-state index contributed by atoms with van der Waals surface area (Å²) < 4.78 is 0. The van der Waals surface area contributed by atoms with Crippen LogP contribution in [0, 0.1) is 13.8 Å². The quantitative estimate of drug-likeness (QED) is 0.772. The Kier molecular flexibility index (Phi) is 4.26. The van der Waals surface area contributed by atoms with Gasteiger partial charge in [0.25, 0.3) is 0 Å². The molecule has 0 aromatic heterocycles. The number of fused-ring (bicyclic) bond motifs is 3. The highest BCUT2D eigenvalue weighted by molar-refractivity contribution is 7.80. The van der Waals surface area contributed by atoms with Crippen LogP contribution < -0.4 is 10.2 Å². The van der Waals surface area contributed by atoms with E-state index in [-0.39, 0.29) is 0 Å². The molecule has 4 rings (SSSR count). The summed E-state index contributed by atoms with van der Waals surface area (Å²) in [5.74, 6) is 0.534. The second kappa shape index (κ2) is 6.43. The van der Waals surface area contributed by atoms with E-state index in [9.17, 15) is 0 Å². The number of rotatable bonds is 1. The standard InChI is InChI=1S/C21H25N3S/c1-14-4-7-16(8-5-14)22-21(25)24-19-9-6-15(2)12-17(19)18-13-23(3)11-10-20(18)24/h4-9,12,18,20H,10-11,13H2,1-3H3,(H,22,25). The van der Waals surface area contributed by atoms with Crippen molar-refractivity contribution in [2.75, 3.05) is 30.4 Å². The van der Waals surface area contributed by atoms with E-state index in [0.717, 1.165) is 30.3 Å². The molecule has 1 saturated heterocycles. The average Bonchev–Trinajstić information content (AvgIpc) is 2.90. The SMILES string of the molecule is Cc1ccc(NC(=S)N2c3ccc(C)cc3C3CN(C)CCC32)cc1. The van der Waals surface area contributed by atoms with Crippen molar-refractivity contribution in [3.05, 3.63) is 59.2 Å². The number of hydrogen-bond acceptors (Lipinski definition) is 2. The minimum Gasteiger partial charge on any atom is -0.332 e. The lowest BCUT2D eigenvalue weighted by Gasteiger charge is -2.37. The van der Waals surface area contributed by atoms with Crippen molar-refractivity contribution in [1.29, 1.82) is 0 Å². The molecule has 0 amide bonds. The largest absolute Gasteiger partial charge is 0.332 e. The highest BCUT2D eigenvalue weighted by Gasteiger charge is 2.42. The zero-order valence-electron chi connectivity index (χ0n) is 15.1. The van der Waals surface area contributed by atoms with Crippen molar-refractivity contribution < 1.29 is 0 Å². The van der Waals surface area contributed by atoms with Gasteiger partial charge in [-0.25, -0.2) is 0 Å². The topological polar surface area (TPSA) is 18.5 Å². The van der Waals surface area contributed by atoms with E-state index in [1.165, 1.54) is 22.4 Å². The second-order valence-electron chi connectivity index (χ2n) is 7.45. The molecule has 1 N–H and O–H groups in total. The van der Waals surface area contributed by atoms with Crippen LogP contribution in [0.5, 0.6) is 0 Å². The molecule has 130 valence electrons. The maximum Gasteiger partial charge on any atom is 0.178 e. The molecule has 0 radical (unpaired) electrons. The molecule has 2 aliphatic heterocycles. The van der Waals surface area contributed by atoms with Gasteiger partial charge in [0.1, 0.15) is 0 Å². The van der Waals surface area contributed by atoms with Gasteiger partial charge in [-0.2, -0.15) is 0 Å². The Morgan fingerprint density at radius 3 is 2.56 bits per heavy atom. The number of likely N-dealkylation sites (tertiary alicyclic amines) is 1. The summed E-state index contributed by atoms with van der Waals surface area (Å²) in [7, 11) is 2.22. The van der Waals surface area contributed by atoms with Gasteiger partial charge in [-0.15, -0.1) is 0 Å². The smallest absolute Gasteiger partial charge is 0.178 e. The number of anilines is 2. The van der Waals surface area contributed by atoms with Gasteiger partial charge in [0, 0.05) is 29.9 Å². The predicted molar refractivity (Wildman–Crippen MR) is 110 cm³/mol. The zero-order chi connectivity index (χ0) is 17.6. The van der Waals surface area contributed by atoms with Crippen LogP contribution in [0.1, 0.15) is 29.0 Å². The summed E-state index contributed by atoms with van der Waals surface area (Å²) in [6.45, 7) is 6.50. The minimum atomic E-state index is 0.457. The summed E-state index contributed by atoms with van der Waals surface area (Å²) in [6.07, 6.45) is 1.14. The molecule has 3 nitrogen and oxygen atoms in total. The van der Waals surface area contributed by atoms with Crippen LogP contribution in [-0.2, 0) is 0 Å². The van der Waals surface area contributed by atoms with Crippen molar-refractivity contribution in [3.8, 4) is 0 Å². The highest BCUT2D eigenvalue weighted by atomic mass is 32.1. The van der Waals surface area contributed by atoms with Crippen LogP contribution in [-0.4, -0.2) is 36.2 Å². The molecule has 0 bridgehead atoms. The number of nitrogens with zero attached hydrogens (tertiary/aromatic N) is 2. The maximum absolute atomic E-state index is 5.84. The van der Waals surface area contributed by atoms with Crippen molar-refractivity contribution in [2.45, 2.75) is 32.2 Å². The molecule has 2 unspecified atom stereocenters. The first-order valence-electron chi connectivity index (χ1n) is 8.99. The van der Waals surface area contributed by atoms with E-state index in [0.29, 0.717) is 12.0 Å². The van der Waals surface area contributed by atoms with E-state index < -0.39 is 0 Å². The van der Waals surface area contributed by atoms with Crippen molar-refractivity contribution in [3.63, 3.8) is 0 Å². The van der Waals surface area contributed by atoms with Crippen LogP contribution in [0.2, 0.25) is 0 Å². The highest BCUT2D eigenvalue weighted by Crippen LogP contribution is 2.45. The number of likely N-dealkylation sites (N-methyl/N-ethyl adjacent to an activating group) is 1. The number of piperidine rings is 1. The number of thiocarbonyl (C=S) groups is 1. The van der Waals surface area contributed by atoms with Crippen molar-refractivity contribution >= 4 is 28.7 Å². The van der Waals surface area contributed by atoms with Crippen LogP contribution in [0.4, 0.5) is 11.4 Å². The molecule has 4 heteroatoms. The van der Waals surface area contributed by atoms with Gasteiger partial charge in [0.2, 0.25) is 0 Å². The third-order valence-electron chi connectivity index (χ3n) is 5.47. The molecule has 0 aliphatic carbocycles. The summed E-state index contributed by atoms with van der Waals surface area (Å²) in [5, 5.41) is 4.27. The lowest BCUT2D eigenvalue weighted by Crippen LogP contribution is -2.48. The first-order valence-corrected chi connectivity index (χ1v) is 9.40. The van der Waals surface area contributed by atoms with E-state index in [4.69, 9.17) is 12.2 Å². The maximum atomic E-state index is 5.84. The minimum absolute atomic E-state index is 0.457. The zero-order valence-corrected chi connectivity index (χ0v) is 15.9. The Morgan fingerprint density at radius 2 is 1.80 bits per heavy atom. The third-order valence-corrected chi connectivity index (χ3v) is 5.77. The van der Waals surface area contributed by atoms with Gasteiger partial charge in [0.15, 0.2) is 5.11 Å². The molecule has 2 aliphatic rings. The van der Waals surface area contributed by atoms with Gasteiger partial charge in [0.05, 0.1) is 0 Å². The Morgan fingerprint density at radius 1 is 1.08 bits per heavy atom. The Hall–Kier alpha value is -1.91. The van der Waals surface area contributed by atoms with E-state index >= 15 is 0 Å². The lowest BCUT2D eigenvalue weighted by molar-refractivity contribution is 0.237. The number of benzene rings is 2. The molecular formula is C21H25N3S. The number of nitrogens with one attached hydrogen (secondary N) is 1. The number of aryl methyl sites for hydroxylation is 2. The lowest BCUT2D eigenvalue weighted by atomic mass is 9.89. The molecule has 2 aromatic rings. The Labute approximate surface area is 155 Å². The van der Waals surface area contributed by atoms with Gasteiger partial charge < -0.3 is 15.1 Å². The van der Waals surface area contributed by atoms with Gasteiger partial charge in [-0.05, 0) is 69.8 Å². The van der Waals surface area contributed by atoms with Crippen molar-refractivity contribution in [2.24, 2.45) is 0 Å². The molecule has 1 fully saturated rings. The molecule has 2 atom stereocenters. The normalized spacial score (nSPS) is 22.4. The second-order valence-corrected chi connectivity index (χ2v) is 7.84. The van der Waals surface area contributed by atoms with E-state index in [2.05, 4.69) is 78.5 Å². The molecule has 2 heterocycles. The Balaban J connectivity index is 1.66. The molecular weight excluding hydrogens is 326 g/mol. The fourth-order valence-corrected chi connectivity index (χ4v) is 4.52. The first kappa shape index (κ1) is 16.6. The monoisotopic (exact) mass is 351 g/mol. The number of hydrogen-bond donors (Lipinski definition) is 1. The average molecular weight is 352 g/mol. The third kappa shape index (κ3) is 3.05. The van der Waals surface area contributed by atoms with Crippen LogP contribution in [0.15, 0.2) is 42.5 Å². The summed E-state index contributed by atoms with van der Waals surface area (Å²) in [5.41, 5.74) is 6.37. The molecule has 25 heavy (non-hydrogen) atoms. The van der Waals surface area contributed by atoms with E-state index in [1.54, 1.807) is 0 Å².